The normalized spacial score (nSPS) is 16.5. The Kier molecular flexibility index (Phi) is 5.52. The Morgan fingerprint density at radius 1 is 1.14 bits per heavy atom. The van der Waals surface area contributed by atoms with Crippen LogP contribution in [0.5, 0.6) is 0 Å². The summed E-state index contributed by atoms with van der Waals surface area (Å²) in [6, 6.07) is 10.1. The summed E-state index contributed by atoms with van der Waals surface area (Å²) in [6.45, 7) is 4.49. The predicted octanol–water partition coefficient (Wildman–Crippen LogP) is 1.61. The van der Waals surface area contributed by atoms with Crippen LogP contribution >= 0.6 is 11.8 Å². The first-order chi connectivity index (χ1) is 13.9. The van der Waals surface area contributed by atoms with Crippen LogP contribution in [0.2, 0.25) is 0 Å². The molecule has 10 heteroatoms. The molecule has 0 atom stereocenters. The molecule has 0 unspecified atom stereocenters. The van der Waals surface area contributed by atoms with Crippen LogP contribution in [0, 0.1) is 0 Å². The van der Waals surface area contributed by atoms with Crippen molar-refractivity contribution in [2.45, 2.75) is 21.4 Å². The van der Waals surface area contributed by atoms with E-state index in [0.29, 0.717) is 17.4 Å². The molecule has 0 amide bonds. The van der Waals surface area contributed by atoms with Crippen LogP contribution in [0.25, 0.3) is 5.65 Å². The number of hydrogen-bond acceptors (Lipinski definition) is 8. The second-order valence-corrected chi connectivity index (χ2v) is 9.82. The number of rotatable bonds is 5. The van der Waals surface area contributed by atoms with Crippen LogP contribution in [0.3, 0.4) is 0 Å². The van der Waals surface area contributed by atoms with Gasteiger partial charge in [0, 0.05) is 38.8 Å². The van der Waals surface area contributed by atoms with Crippen LogP contribution in [0.1, 0.15) is 5.69 Å². The highest BCUT2D eigenvalue weighted by Gasteiger charge is 2.29. The predicted molar refractivity (Wildman–Crippen MR) is 114 cm³/mol. The van der Waals surface area contributed by atoms with E-state index < -0.39 is 9.84 Å². The Morgan fingerprint density at radius 2 is 1.83 bits per heavy atom. The maximum atomic E-state index is 13.4. The van der Waals surface area contributed by atoms with Gasteiger partial charge >= 0.3 is 0 Å². The highest BCUT2D eigenvalue weighted by atomic mass is 32.2. The van der Waals surface area contributed by atoms with Crippen molar-refractivity contribution in [3.63, 3.8) is 0 Å². The number of fused-ring (bicyclic) bond motifs is 1. The number of nitrogen functional groups attached to an aromatic ring is 1. The summed E-state index contributed by atoms with van der Waals surface area (Å²) in [5.74, 6) is 0.379. The number of aromatic nitrogens is 3. The third-order valence-electron chi connectivity index (χ3n) is 5.09. The molecular formula is C19H24N6O2S2. The van der Waals surface area contributed by atoms with Crippen molar-refractivity contribution in [3.05, 3.63) is 42.1 Å². The summed E-state index contributed by atoms with van der Waals surface area (Å²) in [6.07, 6.45) is 1.80. The van der Waals surface area contributed by atoms with Gasteiger partial charge in [0.05, 0.1) is 10.6 Å². The molecule has 3 heterocycles. The SMILES string of the molecule is CSc1nn2c(N)cc(CN3CCN(C)CC3)nc2c1S(=O)(=O)c1ccccc1. The molecule has 0 saturated carbocycles. The van der Waals surface area contributed by atoms with Gasteiger partial charge in [0.25, 0.3) is 0 Å². The molecule has 1 aromatic carbocycles. The Hall–Kier alpha value is -2.14. The fraction of sp³-hybridized carbons (Fsp3) is 0.368. The maximum absolute atomic E-state index is 13.4. The van der Waals surface area contributed by atoms with Gasteiger partial charge in [-0.15, -0.1) is 11.8 Å². The maximum Gasteiger partial charge on any atom is 0.213 e. The summed E-state index contributed by atoms with van der Waals surface area (Å²) < 4.78 is 28.2. The lowest BCUT2D eigenvalue weighted by molar-refractivity contribution is 0.147. The smallest absolute Gasteiger partial charge is 0.213 e. The molecule has 0 bridgehead atoms. The molecule has 1 aliphatic rings. The summed E-state index contributed by atoms with van der Waals surface area (Å²) in [7, 11) is -1.67. The van der Waals surface area contributed by atoms with Gasteiger partial charge < -0.3 is 10.6 Å². The van der Waals surface area contributed by atoms with Crippen molar-refractivity contribution in [2.24, 2.45) is 0 Å². The van der Waals surface area contributed by atoms with E-state index in [0.717, 1.165) is 31.9 Å². The first kappa shape index (κ1) is 20.1. The van der Waals surface area contributed by atoms with E-state index >= 15 is 0 Å². The second kappa shape index (κ2) is 7.94. The zero-order valence-corrected chi connectivity index (χ0v) is 18.1. The number of nitrogens with two attached hydrogens (primary N) is 1. The van der Waals surface area contributed by atoms with Crippen molar-refractivity contribution >= 4 is 33.1 Å². The largest absolute Gasteiger partial charge is 0.384 e. The summed E-state index contributed by atoms with van der Waals surface area (Å²) >= 11 is 1.27. The number of anilines is 1. The highest BCUT2D eigenvalue weighted by molar-refractivity contribution is 7.99. The fourth-order valence-corrected chi connectivity index (χ4v) is 5.87. The Bertz CT molecular complexity index is 1120. The minimum absolute atomic E-state index is 0.114. The molecule has 0 radical (unpaired) electrons. The summed E-state index contributed by atoms with van der Waals surface area (Å²) in [5, 5.41) is 4.81. The van der Waals surface area contributed by atoms with Gasteiger partial charge in [0.2, 0.25) is 9.84 Å². The fourth-order valence-electron chi connectivity index (χ4n) is 3.46. The van der Waals surface area contributed by atoms with Crippen LogP contribution in [-0.2, 0) is 16.4 Å². The number of likely N-dealkylation sites (N-methyl/N-ethyl adjacent to an activating group) is 1. The van der Waals surface area contributed by atoms with Crippen molar-refractivity contribution in [3.8, 4) is 0 Å². The molecule has 0 aliphatic carbocycles. The standard InChI is InChI=1S/C19H24N6O2S2/c1-23-8-10-24(11-9-23)13-14-12-16(20)25-18(21-14)17(19(22-25)28-2)29(26,27)15-6-4-3-5-7-15/h3-7,12H,8-11,13,20H2,1-2H3. The minimum atomic E-state index is -3.78. The van der Waals surface area contributed by atoms with E-state index in [9.17, 15) is 8.42 Å². The second-order valence-electron chi connectivity index (χ2n) is 7.14. The number of piperazine rings is 1. The van der Waals surface area contributed by atoms with Crippen molar-refractivity contribution in [2.75, 3.05) is 45.2 Å². The lowest BCUT2D eigenvalue weighted by Crippen LogP contribution is -2.44. The van der Waals surface area contributed by atoms with Gasteiger partial charge in [0.15, 0.2) is 10.5 Å². The lowest BCUT2D eigenvalue weighted by atomic mass is 10.3. The number of nitrogens with zero attached hydrogens (tertiary/aromatic N) is 5. The molecule has 1 aliphatic heterocycles. The van der Waals surface area contributed by atoms with Crippen LogP contribution in [0.15, 0.2) is 51.2 Å². The molecule has 2 aromatic heterocycles. The molecule has 0 spiro atoms. The van der Waals surface area contributed by atoms with Gasteiger partial charge in [-0.25, -0.2) is 13.4 Å². The molecule has 1 fully saturated rings. The van der Waals surface area contributed by atoms with E-state index in [-0.39, 0.29) is 15.4 Å². The monoisotopic (exact) mass is 432 g/mol. The van der Waals surface area contributed by atoms with Gasteiger partial charge in [-0.1, -0.05) is 18.2 Å². The number of hydrogen-bond donors (Lipinski definition) is 1. The van der Waals surface area contributed by atoms with E-state index in [1.165, 1.54) is 16.3 Å². The van der Waals surface area contributed by atoms with E-state index in [1.807, 2.05) is 0 Å². The van der Waals surface area contributed by atoms with Crippen LogP contribution < -0.4 is 5.73 Å². The van der Waals surface area contributed by atoms with E-state index in [4.69, 9.17) is 5.73 Å². The van der Waals surface area contributed by atoms with Crippen LogP contribution in [-0.4, -0.2) is 72.3 Å². The van der Waals surface area contributed by atoms with Crippen molar-refractivity contribution in [1.29, 1.82) is 0 Å². The third kappa shape index (κ3) is 3.85. The average molecular weight is 433 g/mol. The van der Waals surface area contributed by atoms with E-state index in [1.54, 1.807) is 42.7 Å². The topological polar surface area (TPSA) is 96.8 Å². The Morgan fingerprint density at radius 3 is 2.48 bits per heavy atom. The Balaban J connectivity index is 1.81. The summed E-state index contributed by atoms with van der Waals surface area (Å²) in [4.78, 5) is 9.60. The zero-order chi connectivity index (χ0) is 20.6. The average Bonchev–Trinajstić information content (AvgIpc) is 3.10. The van der Waals surface area contributed by atoms with Gasteiger partial charge in [-0.05, 0) is 25.4 Å². The summed E-state index contributed by atoms with van der Waals surface area (Å²) in [5.41, 5.74) is 7.26. The lowest BCUT2D eigenvalue weighted by Gasteiger charge is -2.32. The van der Waals surface area contributed by atoms with Gasteiger partial charge in [-0.3, -0.25) is 4.90 Å². The zero-order valence-electron chi connectivity index (χ0n) is 16.4. The Labute approximate surface area is 174 Å². The molecule has 8 nitrogen and oxygen atoms in total. The van der Waals surface area contributed by atoms with Gasteiger partial charge in [0.1, 0.15) is 10.8 Å². The molecule has 154 valence electrons. The number of sulfone groups is 1. The molecule has 4 rings (SSSR count). The quantitative estimate of drug-likeness (QED) is 0.608. The van der Waals surface area contributed by atoms with Crippen molar-refractivity contribution < 1.29 is 8.42 Å². The highest BCUT2D eigenvalue weighted by Crippen LogP contribution is 2.33. The van der Waals surface area contributed by atoms with Crippen LogP contribution in [0.4, 0.5) is 5.82 Å². The third-order valence-corrected chi connectivity index (χ3v) is 7.70. The first-order valence-corrected chi connectivity index (χ1v) is 12.0. The molecule has 2 N–H and O–H groups in total. The van der Waals surface area contributed by atoms with Crippen molar-refractivity contribution in [1.82, 2.24) is 24.4 Å². The molecule has 29 heavy (non-hydrogen) atoms. The molecule has 3 aromatic rings. The van der Waals surface area contributed by atoms with Gasteiger partial charge in [-0.2, -0.15) is 9.61 Å². The minimum Gasteiger partial charge on any atom is -0.384 e. The number of benzene rings is 1. The molecular weight excluding hydrogens is 408 g/mol. The molecule has 1 saturated heterocycles. The number of thioether (sulfide) groups is 1. The first-order valence-electron chi connectivity index (χ1n) is 9.33. The van der Waals surface area contributed by atoms with E-state index in [2.05, 4.69) is 26.9 Å².